The lowest BCUT2D eigenvalue weighted by Gasteiger charge is -2.18. The van der Waals surface area contributed by atoms with Crippen LogP contribution in [0.3, 0.4) is 0 Å². The fourth-order valence-corrected chi connectivity index (χ4v) is 2.15. The zero-order chi connectivity index (χ0) is 12.5. The Balaban J connectivity index is 2.46. The first-order valence-electron chi connectivity index (χ1n) is 6.99. The van der Waals surface area contributed by atoms with Crippen LogP contribution in [0.2, 0.25) is 0 Å². The van der Waals surface area contributed by atoms with Crippen LogP contribution < -0.4 is 5.32 Å². The minimum absolute atomic E-state index is 0.472. The lowest BCUT2D eigenvalue weighted by Crippen LogP contribution is -2.24. The van der Waals surface area contributed by atoms with Crippen LogP contribution in [0.15, 0.2) is 12.5 Å². The molecule has 1 N–H and O–H groups in total. The van der Waals surface area contributed by atoms with Crippen LogP contribution in [-0.2, 0) is 7.05 Å². The normalized spacial score (nSPS) is 12.9. The van der Waals surface area contributed by atoms with Crippen LogP contribution in [0, 0.1) is 0 Å². The first kappa shape index (κ1) is 14.2. The average molecular weight is 237 g/mol. The summed E-state index contributed by atoms with van der Waals surface area (Å²) in [5.41, 5.74) is 1.31. The smallest absolute Gasteiger partial charge is 0.0946 e. The Labute approximate surface area is 106 Å². The number of nitrogens with zero attached hydrogens (tertiary/aromatic N) is 2. The molecule has 0 bridgehead atoms. The predicted molar refractivity (Wildman–Crippen MR) is 73.0 cm³/mol. The molecule has 1 atom stereocenters. The van der Waals surface area contributed by atoms with Crippen molar-refractivity contribution in [3.8, 4) is 0 Å². The molecule has 1 heterocycles. The molecule has 1 rings (SSSR count). The standard InChI is InChI=1S/C14H27N3/c1-4-6-7-8-9-13(16-10-5-2)14-11-15-12-17(14)3/h11-13,16H,4-10H2,1-3H3. The van der Waals surface area contributed by atoms with Gasteiger partial charge in [0.25, 0.3) is 0 Å². The summed E-state index contributed by atoms with van der Waals surface area (Å²) in [5.74, 6) is 0. The van der Waals surface area contributed by atoms with Gasteiger partial charge in [-0.1, -0.05) is 39.5 Å². The maximum atomic E-state index is 4.22. The topological polar surface area (TPSA) is 29.9 Å². The molecule has 0 aliphatic carbocycles. The summed E-state index contributed by atoms with van der Waals surface area (Å²) >= 11 is 0. The van der Waals surface area contributed by atoms with Gasteiger partial charge in [-0.25, -0.2) is 4.98 Å². The van der Waals surface area contributed by atoms with Crippen molar-refractivity contribution in [2.75, 3.05) is 6.54 Å². The van der Waals surface area contributed by atoms with Gasteiger partial charge in [-0.05, 0) is 19.4 Å². The SMILES string of the molecule is CCCCCCC(NCCC)c1cncn1C. The number of rotatable bonds is 9. The molecule has 1 aromatic rings. The van der Waals surface area contributed by atoms with Gasteiger partial charge in [-0.3, -0.25) is 0 Å². The third-order valence-corrected chi connectivity index (χ3v) is 3.20. The van der Waals surface area contributed by atoms with E-state index in [1.807, 2.05) is 12.5 Å². The van der Waals surface area contributed by atoms with E-state index in [0.29, 0.717) is 6.04 Å². The molecular formula is C14H27N3. The maximum absolute atomic E-state index is 4.22. The summed E-state index contributed by atoms with van der Waals surface area (Å²) < 4.78 is 2.13. The molecule has 0 aliphatic heterocycles. The minimum Gasteiger partial charge on any atom is -0.336 e. The average Bonchev–Trinajstić information content (AvgIpc) is 2.75. The Morgan fingerprint density at radius 2 is 2.06 bits per heavy atom. The van der Waals surface area contributed by atoms with Crippen molar-refractivity contribution in [3.05, 3.63) is 18.2 Å². The molecule has 98 valence electrons. The quantitative estimate of drug-likeness (QED) is 0.667. The first-order valence-corrected chi connectivity index (χ1v) is 6.99. The third-order valence-electron chi connectivity index (χ3n) is 3.20. The maximum Gasteiger partial charge on any atom is 0.0946 e. The zero-order valence-electron chi connectivity index (χ0n) is 11.6. The van der Waals surface area contributed by atoms with Gasteiger partial charge in [0.15, 0.2) is 0 Å². The van der Waals surface area contributed by atoms with E-state index in [9.17, 15) is 0 Å². The van der Waals surface area contributed by atoms with Crippen LogP contribution in [-0.4, -0.2) is 16.1 Å². The largest absolute Gasteiger partial charge is 0.336 e. The zero-order valence-corrected chi connectivity index (χ0v) is 11.6. The summed E-state index contributed by atoms with van der Waals surface area (Å²) in [5, 5.41) is 3.63. The Bertz CT molecular complexity index is 293. The van der Waals surface area contributed by atoms with Gasteiger partial charge in [0.2, 0.25) is 0 Å². The lowest BCUT2D eigenvalue weighted by atomic mass is 10.0. The molecule has 0 amide bonds. The summed E-state index contributed by atoms with van der Waals surface area (Å²) in [6.45, 7) is 5.56. The Hall–Kier alpha value is -0.830. The molecule has 0 spiro atoms. The van der Waals surface area contributed by atoms with Crippen LogP contribution in [0.4, 0.5) is 0 Å². The second-order valence-electron chi connectivity index (χ2n) is 4.79. The molecule has 0 saturated carbocycles. The molecule has 0 fully saturated rings. The van der Waals surface area contributed by atoms with E-state index in [4.69, 9.17) is 0 Å². The van der Waals surface area contributed by atoms with Crippen molar-refractivity contribution < 1.29 is 0 Å². The Morgan fingerprint density at radius 3 is 2.65 bits per heavy atom. The van der Waals surface area contributed by atoms with Crippen molar-refractivity contribution in [2.45, 2.75) is 58.4 Å². The Morgan fingerprint density at radius 1 is 1.24 bits per heavy atom. The van der Waals surface area contributed by atoms with Gasteiger partial charge >= 0.3 is 0 Å². The van der Waals surface area contributed by atoms with Crippen molar-refractivity contribution >= 4 is 0 Å². The van der Waals surface area contributed by atoms with E-state index in [2.05, 4.69) is 35.8 Å². The third kappa shape index (κ3) is 4.90. The van der Waals surface area contributed by atoms with Gasteiger partial charge < -0.3 is 9.88 Å². The fraction of sp³-hybridized carbons (Fsp3) is 0.786. The highest BCUT2D eigenvalue weighted by Crippen LogP contribution is 2.19. The number of nitrogens with one attached hydrogen (secondary N) is 1. The fourth-order valence-electron chi connectivity index (χ4n) is 2.15. The van der Waals surface area contributed by atoms with E-state index in [0.717, 1.165) is 6.54 Å². The van der Waals surface area contributed by atoms with E-state index >= 15 is 0 Å². The van der Waals surface area contributed by atoms with Crippen LogP contribution >= 0.6 is 0 Å². The van der Waals surface area contributed by atoms with E-state index in [1.54, 1.807) is 0 Å². The number of unbranched alkanes of at least 4 members (excludes halogenated alkanes) is 3. The number of aromatic nitrogens is 2. The second kappa shape index (κ2) is 8.29. The lowest BCUT2D eigenvalue weighted by molar-refractivity contribution is 0.452. The highest BCUT2D eigenvalue weighted by Gasteiger charge is 2.13. The molecule has 1 aromatic heterocycles. The van der Waals surface area contributed by atoms with Crippen molar-refractivity contribution in [1.82, 2.24) is 14.9 Å². The monoisotopic (exact) mass is 237 g/mol. The van der Waals surface area contributed by atoms with Crippen molar-refractivity contribution in [1.29, 1.82) is 0 Å². The van der Waals surface area contributed by atoms with Gasteiger partial charge in [0, 0.05) is 19.3 Å². The van der Waals surface area contributed by atoms with Crippen LogP contribution in [0.25, 0.3) is 0 Å². The highest BCUT2D eigenvalue weighted by molar-refractivity contribution is 5.04. The predicted octanol–water partition coefficient (Wildman–Crippen LogP) is 3.43. The van der Waals surface area contributed by atoms with Gasteiger partial charge in [0.1, 0.15) is 0 Å². The summed E-state index contributed by atoms with van der Waals surface area (Å²) in [7, 11) is 2.08. The van der Waals surface area contributed by atoms with Gasteiger partial charge in [-0.15, -0.1) is 0 Å². The summed E-state index contributed by atoms with van der Waals surface area (Å²) in [6.07, 6.45) is 11.6. The molecule has 17 heavy (non-hydrogen) atoms. The molecule has 1 unspecified atom stereocenters. The highest BCUT2D eigenvalue weighted by atomic mass is 15.1. The molecule has 0 saturated heterocycles. The molecule has 3 heteroatoms. The van der Waals surface area contributed by atoms with E-state index < -0.39 is 0 Å². The molecular weight excluding hydrogens is 210 g/mol. The van der Waals surface area contributed by atoms with Crippen LogP contribution in [0.5, 0.6) is 0 Å². The minimum atomic E-state index is 0.472. The molecule has 0 radical (unpaired) electrons. The van der Waals surface area contributed by atoms with E-state index in [-0.39, 0.29) is 0 Å². The summed E-state index contributed by atoms with van der Waals surface area (Å²) in [4.78, 5) is 4.22. The van der Waals surface area contributed by atoms with E-state index in [1.165, 1.54) is 44.2 Å². The first-order chi connectivity index (χ1) is 8.29. The number of hydrogen-bond donors (Lipinski definition) is 1. The van der Waals surface area contributed by atoms with Crippen molar-refractivity contribution in [2.24, 2.45) is 7.05 Å². The van der Waals surface area contributed by atoms with Crippen molar-refractivity contribution in [3.63, 3.8) is 0 Å². The number of aryl methyl sites for hydroxylation is 1. The second-order valence-corrected chi connectivity index (χ2v) is 4.79. The van der Waals surface area contributed by atoms with Gasteiger partial charge in [-0.2, -0.15) is 0 Å². The Kier molecular flexibility index (Phi) is 6.94. The molecule has 3 nitrogen and oxygen atoms in total. The summed E-state index contributed by atoms with van der Waals surface area (Å²) in [6, 6.07) is 0.472. The molecule has 0 aromatic carbocycles. The number of imidazole rings is 1. The van der Waals surface area contributed by atoms with Crippen LogP contribution in [0.1, 0.15) is 64.1 Å². The number of hydrogen-bond acceptors (Lipinski definition) is 2. The molecule has 0 aliphatic rings. The van der Waals surface area contributed by atoms with Gasteiger partial charge in [0.05, 0.1) is 12.0 Å².